The lowest BCUT2D eigenvalue weighted by Crippen LogP contribution is -2.53. The number of methoxy groups -OCH3 is 1. The van der Waals surface area contributed by atoms with E-state index in [0.29, 0.717) is 22.6 Å². The predicted octanol–water partition coefficient (Wildman–Crippen LogP) is 7.73. The van der Waals surface area contributed by atoms with E-state index < -0.39 is 33.8 Å². The van der Waals surface area contributed by atoms with Gasteiger partial charge in [0, 0.05) is 16.9 Å². The molecule has 2 atom stereocenters. The molecular weight excluding hydrogens is 632 g/mol. The molecule has 2 unspecified atom stereocenters. The highest BCUT2D eigenvalue weighted by Crippen LogP contribution is 2.42. The molecule has 0 heterocycles. The van der Waals surface area contributed by atoms with E-state index in [-0.39, 0.29) is 23.3 Å². The summed E-state index contributed by atoms with van der Waals surface area (Å²) in [7, 11) is -0.585. The third-order valence-corrected chi connectivity index (χ3v) is 14.3. The van der Waals surface area contributed by atoms with E-state index in [4.69, 9.17) is 25.5 Å². The molecule has 36 heavy (non-hydrogen) atoms. The maximum atomic E-state index is 14.7. The van der Waals surface area contributed by atoms with Crippen molar-refractivity contribution >= 4 is 53.9 Å². The van der Waals surface area contributed by atoms with Crippen LogP contribution in [0.2, 0.25) is 23.2 Å². The minimum absolute atomic E-state index is 0.0341. The Morgan fingerprint density at radius 1 is 1.06 bits per heavy atom. The number of alkyl halides is 1. The van der Waals surface area contributed by atoms with Crippen LogP contribution in [-0.2, 0) is 25.9 Å². The zero-order valence-corrected chi connectivity index (χ0v) is 27.3. The minimum atomic E-state index is -2.18. The molecule has 0 radical (unpaired) electrons. The van der Waals surface area contributed by atoms with Crippen LogP contribution < -0.4 is 14.2 Å². The summed E-state index contributed by atoms with van der Waals surface area (Å²) in [4.78, 5) is 0. The maximum absolute atomic E-state index is 14.7. The molecule has 2 rings (SSSR count). The average molecular weight is 670 g/mol. The summed E-state index contributed by atoms with van der Waals surface area (Å²) >= 11 is 7.28. The number of ether oxygens (including phenoxy) is 2. The van der Waals surface area contributed by atoms with Crippen LogP contribution in [0.3, 0.4) is 0 Å². The molecular formula is C26H38ClFINO4SSi. The van der Waals surface area contributed by atoms with Gasteiger partial charge in [-0.2, -0.15) is 0 Å². The number of nitrogens with one attached hydrogen (secondary N) is 1. The molecule has 10 heteroatoms. The van der Waals surface area contributed by atoms with Crippen molar-refractivity contribution in [3.63, 3.8) is 0 Å². The zero-order valence-electron chi connectivity index (χ0n) is 22.6. The van der Waals surface area contributed by atoms with Gasteiger partial charge in [0.15, 0.2) is 11.9 Å². The second-order valence-electron chi connectivity index (χ2n) is 11.2. The first-order valence-corrected chi connectivity index (χ1v) is 17.2. The first-order valence-electron chi connectivity index (χ1n) is 11.7. The van der Waals surface area contributed by atoms with E-state index in [1.807, 2.05) is 20.8 Å². The normalized spacial score (nSPS) is 15.4. The Labute approximate surface area is 238 Å². The summed E-state index contributed by atoms with van der Waals surface area (Å²) in [5.74, 6) is 0.843. The third kappa shape index (κ3) is 8.22. The lowest BCUT2D eigenvalue weighted by Gasteiger charge is -2.40. The first-order chi connectivity index (χ1) is 16.4. The van der Waals surface area contributed by atoms with E-state index in [1.165, 1.54) is 12.1 Å². The van der Waals surface area contributed by atoms with Crippen LogP contribution >= 0.6 is 34.2 Å². The molecule has 0 spiro atoms. The Balaban J connectivity index is 2.51. The molecule has 0 amide bonds. The van der Waals surface area contributed by atoms with Gasteiger partial charge in [0.1, 0.15) is 28.7 Å². The largest absolute Gasteiger partial charge is 0.598 e. The molecule has 0 aliphatic carbocycles. The third-order valence-electron chi connectivity index (χ3n) is 6.28. The molecule has 2 aromatic rings. The van der Waals surface area contributed by atoms with Crippen LogP contribution in [0.25, 0.3) is 0 Å². The van der Waals surface area contributed by atoms with Gasteiger partial charge in [-0.1, -0.05) is 32.4 Å². The number of hydrogen-bond donors (Lipinski definition) is 1. The predicted molar refractivity (Wildman–Crippen MR) is 159 cm³/mol. The van der Waals surface area contributed by atoms with Crippen molar-refractivity contribution in [1.82, 2.24) is 4.72 Å². The van der Waals surface area contributed by atoms with E-state index in [1.54, 1.807) is 31.4 Å². The van der Waals surface area contributed by atoms with Gasteiger partial charge in [-0.05, 0) is 103 Å². The summed E-state index contributed by atoms with van der Waals surface area (Å²) < 4.78 is 47.5. The summed E-state index contributed by atoms with van der Waals surface area (Å²) in [6, 6.07) is 9.87. The van der Waals surface area contributed by atoms with Crippen molar-refractivity contribution in [3.8, 4) is 11.5 Å². The first kappa shape index (κ1) is 31.7. The van der Waals surface area contributed by atoms with Gasteiger partial charge in [-0.3, -0.25) is 0 Å². The Hall–Kier alpha value is -0.563. The summed E-state index contributed by atoms with van der Waals surface area (Å²) in [6.07, 6.45) is 0. The Morgan fingerprint density at radius 2 is 1.61 bits per heavy atom. The van der Waals surface area contributed by atoms with Gasteiger partial charge >= 0.3 is 0 Å². The molecule has 0 aliphatic heterocycles. The van der Waals surface area contributed by atoms with Crippen LogP contribution in [0.15, 0.2) is 36.4 Å². The van der Waals surface area contributed by atoms with Crippen LogP contribution in [0.4, 0.5) is 4.39 Å². The van der Waals surface area contributed by atoms with Gasteiger partial charge in [0.25, 0.3) is 0 Å². The summed E-state index contributed by atoms with van der Waals surface area (Å²) in [6.45, 7) is 16.7. The Morgan fingerprint density at radius 3 is 2.11 bits per heavy atom. The Kier molecular flexibility index (Phi) is 10.6. The summed E-state index contributed by atoms with van der Waals surface area (Å²) in [5.41, 5.74) is 1.14. The average Bonchev–Trinajstić information content (AvgIpc) is 2.75. The molecule has 202 valence electrons. The highest BCUT2D eigenvalue weighted by Gasteiger charge is 2.45. The van der Waals surface area contributed by atoms with E-state index in [0.717, 1.165) is 0 Å². The van der Waals surface area contributed by atoms with Crippen molar-refractivity contribution < 1.29 is 22.8 Å². The number of benzene rings is 2. The standard InChI is InChI=1S/C26H38ClFINO4SSi/c1-24(2,3)35(31)30-26(29,17-34-36(8,9)25(4,5)6)22-14-18(28)15-23(27)21(22)16-33-20-12-10-19(32-7)11-13-20/h10-15,30H,16-17H2,1-9H3. The van der Waals surface area contributed by atoms with E-state index in [9.17, 15) is 8.94 Å². The number of rotatable bonds is 10. The van der Waals surface area contributed by atoms with Gasteiger partial charge in [-0.25, -0.2) is 4.39 Å². The zero-order chi connectivity index (χ0) is 27.5. The van der Waals surface area contributed by atoms with Crippen molar-refractivity contribution in [2.24, 2.45) is 0 Å². The van der Waals surface area contributed by atoms with Gasteiger partial charge in [-0.15, -0.1) is 4.72 Å². The summed E-state index contributed by atoms with van der Waals surface area (Å²) in [5, 5.41) is 0.198. The molecule has 0 aliphatic rings. The molecule has 0 saturated heterocycles. The molecule has 2 aromatic carbocycles. The minimum Gasteiger partial charge on any atom is -0.598 e. The van der Waals surface area contributed by atoms with Gasteiger partial charge in [0.05, 0.1) is 18.7 Å². The number of hydrogen-bond acceptors (Lipinski definition) is 5. The SMILES string of the molecule is COc1ccc(OCc2c(Cl)cc(F)cc2C(I)(CO[Si](C)(C)C(C)(C)C)N[S+]([O-])C(C)(C)C)cc1. The lowest BCUT2D eigenvalue weighted by molar-refractivity contribution is 0.244. The van der Waals surface area contributed by atoms with Gasteiger partial charge in [0.2, 0.25) is 0 Å². The van der Waals surface area contributed by atoms with E-state index >= 15 is 0 Å². The molecule has 0 fully saturated rings. The van der Waals surface area contributed by atoms with Crippen molar-refractivity contribution in [1.29, 1.82) is 0 Å². The van der Waals surface area contributed by atoms with Crippen molar-refractivity contribution in [2.75, 3.05) is 13.7 Å². The molecule has 0 aromatic heterocycles. The smallest absolute Gasteiger partial charge is 0.192 e. The number of halogens is 3. The molecule has 5 nitrogen and oxygen atoms in total. The second kappa shape index (κ2) is 12.1. The monoisotopic (exact) mass is 669 g/mol. The molecule has 0 bridgehead atoms. The topological polar surface area (TPSA) is 62.8 Å². The van der Waals surface area contributed by atoms with Crippen LogP contribution in [0.1, 0.15) is 52.7 Å². The van der Waals surface area contributed by atoms with Crippen molar-refractivity contribution in [2.45, 2.75) is 74.6 Å². The highest BCUT2D eigenvalue weighted by molar-refractivity contribution is 14.1. The van der Waals surface area contributed by atoms with Gasteiger partial charge < -0.3 is 18.5 Å². The lowest BCUT2D eigenvalue weighted by atomic mass is 10.0. The quantitative estimate of drug-likeness (QED) is 0.0923. The Bertz CT molecular complexity index is 1030. The maximum Gasteiger partial charge on any atom is 0.192 e. The highest BCUT2D eigenvalue weighted by atomic mass is 127. The molecule has 1 N–H and O–H groups in total. The fourth-order valence-corrected chi connectivity index (χ4v) is 6.46. The van der Waals surface area contributed by atoms with Crippen LogP contribution in [0.5, 0.6) is 11.5 Å². The van der Waals surface area contributed by atoms with Crippen LogP contribution in [0, 0.1) is 5.82 Å². The van der Waals surface area contributed by atoms with E-state index in [2.05, 4.69) is 61.2 Å². The van der Waals surface area contributed by atoms with Crippen LogP contribution in [-0.4, -0.2) is 31.3 Å². The molecule has 0 saturated carbocycles. The fraction of sp³-hybridized carbons (Fsp3) is 0.538. The second-order valence-corrected chi connectivity index (χ2v) is 20.2. The fourth-order valence-electron chi connectivity index (χ4n) is 2.89. The van der Waals surface area contributed by atoms with Crippen molar-refractivity contribution in [3.05, 3.63) is 58.4 Å².